The van der Waals surface area contributed by atoms with Gasteiger partial charge >= 0.3 is 0 Å². The Bertz CT molecular complexity index is 1060. The summed E-state index contributed by atoms with van der Waals surface area (Å²) in [7, 11) is 0. The second-order valence-corrected chi connectivity index (χ2v) is 8.24. The van der Waals surface area contributed by atoms with Crippen molar-refractivity contribution in [3.8, 4) is 28.6 Å². The van der Waals surface area contributed by atoms with Crippen LogP contribution in [0.4, 0.5) is 5.82 Å². The normalized spacial score (nSPS) is 13.7. The summed E-state index contributed by atoms with van der Waals surface area (Å²) in [6.07, 6.45) is 6.64. The predicted molar refractivity (Wildman–Crippen MR) is 125 cm³/mol. The summed E-state index contributed by atoms with van der Waals surface area (Å²) in [5.41, 5.74) is 5.07. The minimum atomic E-state index is 0.123. The molecule has 0 bridgehead atoms. The molecule has 1 aliphatic rings. The molecule has 3 heterocycles. The van der Waals surface area contributed by atoms with E-state index in [1.807, 2.05) is 19.2 Å². The number of aliphatic hydroxyl groups excluding tert-OH is 1. The van der Waals surface area contributed by atoms with Crippen LogP contribution in [0.1, 0.15) is 49.8 Å². The van der Waals surface area contributed by atoms with Gasteiger partial charge in [0.1, 0.15) is 11.6 Å². The van der Waals surface area contributed by atoms with E-state index in [2.05, 4.69) is 41.0 Å². The van der Waals surface area contributed by atoms with E-state index >= 15 is 0 Å². The number of ether oxygens (including phenoxy) is 1. The number of nitrogens with zero attached hydrogens (tertiary/aromatic N) is 4. The number of anilines is 1. The standard InChI is InChI=1S/C25H32N4O3/c1-4-18-14-20(13-17(3)22(18)31-12-8-11-30)23-27-25(32-28-23)21-15-19(5-2)24(26-16-21)29-9-6-7-10-29/h13-16,30H,4-12H2,1-3H3. The molecule has 0 radical (unpaired) electrons. The van der Waals surface area contributed by atoms with E-state index in [-0.39, 0.29) is 6.61 Å². The molecular weight excluding hydrogens is 404 g/mol. The second-order valence-electron chi connectivity index (χ2n) is 8.24. The third-order valence-corrected chi connectivity index (χ3v) is 5.94. The minimum absolute atomic E-state index is 0.123. The minimum Gasteiger partial charge on any atom is -0.493 e. The van der Waals surface area contributed by atoms with Crippen LogP contribution in [0.3, 0.4) is 0 Å². The summed E-state index contributed by atoms with van der Waals surface area (Å²) in [5, 5.41) is 13.3. The first-order valence-electron chi connectivity index (χ1n) is 11.6. The lowest BCUT2D eigenvalue weighted by molar-refractivity contribution is 0.232. The van der Waals surface area contributed by atoms with E-state index in [9.17, 15) is 0 Å². The largest absolute Gasteiger partial charge is 0.493 e. The molecule has 1 aliphatic heterocycles. The Hall–Kier alpha value is -2.93. The van der Waals surface area contributed by atoms with Crippen LogP contribution in [-0.2, 0) is 12.8 Å². The van der Waals surface area contributed by atoms with E-state index in [1.165, 1.54) is 18.4 Å². The highest BCUT2D eigenvalue weighted by Crippen LogP contribution is 2.32. The van der Waals surface area contributed by atoms with Crippen LogP contribution in [-0.4, -0.2) is 46.5 Å². The number of rotatable bonds is 9. The Balaban J connectivity index is 1.60. The molecule has 2 aromatic heterocycles. The van der Waals surface area contributed by atoms with Gasteiger partial charge in [-0.3, -0.25) is 0 Å². The SMILES string of the molecule is CCc1cc(-c2nc(-c3cc(C)c(OCCCO)c(CC)c3)no2)cnc1N1CCCC1. The molecule has 1 fully saturated rings. The molecule has 4 rings (SSSR count). The van der Waals surface area contributed by atoms with E-state index in [0.29, 0.717) is 24.7 Å². The summed E-state index contributed by atoms with van der Waals surface area (Å²) >= 11 is 0. The number of benzene rings is 1. The zero-order chi connectivity index (χ0) is 22.5. The van der Waals surface area contributed by atoms with Crippen molar-refractivity contribution in [2.45, 2.75) is 52.9 Å². The molecule has 0 unspecified atom stereocenters. The van der Waals surface area contributed by atoms with Crippen molar-refractivity contribution in [3.63, 3.8) is 0 Å². The van der Waals surface area contributed by atoms with Crippen LogP contribution in [0, 0.1) is 6.92 Å². The van der Waals surface area contributed by atoms with Crippen molar-refractivity contribution in [1.82, 2.24) is 15.1 Å². The maximum Gasteiger partial charge on any atom is 0.259 e. The number of aryl methyl sites for hydroxylation is 3. The molecule has 0 aliphatic carbocycles. The van der Waals surface area contributed by atoms with E-state index < -0.39 is 0 Å². The van der Waals surface area contributed by atoms with E-state index in [1.54, 1.807) is 0 Å². The van der Waals surface area contributed by atoms with Gasteiger partial charge < -0.3 is 19.3 Å². The van der Waals surface area contributed by atoms with Gasteiger partial charge in [0.25, 0.3) is 5.89 Å². The predicted octanol–water partition coefficient (Wildman–Crippen LogP) is 4.59. The average molecular weight is 437 g/mol. The maximum atomic E-state index is 9.02. The van der Waals surface area contributed by atoms with Gasteiger partial charge in [0.2, 0.25) is 5.82 Å². The smallest absolute Gasteiger partial charge is 0.259 e. The lowest BCUT2D eigenvalue weighted by Crippen LogP contribution is -2.20. The molecular formula is C25H32N4O3. The Morgan fingerprint density at radius 1 is 1.06 bits per heavy atom. The van der Waals surface area contributed by atoms with Crippen LogP contribution in [0.2, 0.25) is 0 Å². The summed E-state index contributed by atoms with van der Waals surface area (Å²) < 4.78 is 11.5. The van der Waals surface area contributed by atoms with E-state index in [0.717, 1.165) is 59.8 Å². The number of pyridine rings is 1. The molecule has 3 aromatic rings. The summed E-state index contributed by atoms with van der Waals surface area (Å²) in [4.78, 5) is 11.8. The van der Waals surface area contributed by atoms with Gasteiger partial charge in [0, 0.05) is 37.9 Å². The quantitative estimate of drug-likeness (QED) is 0.491. The van der Waals surface area contributed by atoms with Gasteiger partial charge in [-0.05, 0) is 67.5 Å². The van der Waals surface area contributed by atoms with Gasteiger partial charge in [-0.15, -0.1) is 0 Å². The van der Waals surface area contributed by atoms with Crippen LogP contribution in [0.15, 0.2) is 28.9 Å². The molecule has 1 N–H and O–H groups in total. The van der Waals surface area contributed by atoms with Crippen LogP contribution in [0.25, 0.3) is 22.8 Å². The van der Waals surface area contributed by atoms with Crippen molar-refractivity contribution in [3.05, 3.63) is 41.1 Å². The Kier molecular flexibility index (Phi) is 7.05. The Morgan fingerprint density at radius 2 is 1.81 bits per heavy atom. The molecule has 32 heavy (non-hydrogen) atoms. The zero-order valence-corrected chi connectivity index (χ0v) is 19.2. The highest BCUT2D eigenvalue weighted by Gasteiger charge is 2.19. The molecule has 0 saturated carbocycles. The summed E-state index contributed by atoms with van der Waals surface area (Å²) in [6.45, 7) is 9.03. The van der Waals surface area contributed by atoms with Crippen molar-refractivity contribution in [2.24, 2.45) is 0 Å². The van der Waals surface area contributed by atoms with Crippen molar-refractivity contribution < 1.29 is 14.4 Å². The number of hydrogen-bond acceptors (Lipinski definition) is 7. The first-order chi connectivity index (χ1) is 15.6. The van der Waals surface area contributed by atoms with E-state index in [4.69, 9.17) is 19.4 Å². The molecule has 0 amide bonds. The van der Waals surface area contributed by atoms with Crippen LogP contribution >= 0.6 is 0 Å². The lowest BCUT2D eigenvalue weighted by atomic mass is 10.0. The third kappa shape index (κ3) is 4.63. The van der Waals surface area contributed by atoms with Gasteiger partial charge in [0.05, 0.1) is 12.2 Å². The first-order valence-corrected chi connectivity index (χ1v) is 11.6. The van der Waals surface area contributed by atoms with Crippen molar-refractivity contribution in [2.75, 3.05) is 31.2 Å². The molecule has 170 valence electrons. The molecule has 7 heteroatoms. The lowest BCUT2D eigenvalue weighted by Gasteiger charge is -2.19. The Morgan fingerprint density at radius 3 is 2.53 bits per heavy atom. The fraction of sp³-hybridized carbons (Fsp3) is 0.480. The second kappa shape index (κ2) is 10.1. The van der Waals surface area contributed by atoms with Crippen LogP contribution < -0.4 is 9.64 Å². The van der Waals surface area contributed by atoms with Gasteiger partial charge in [-0.2, -0.15) is 4.98 Å². The zero-order valence-electron chi connectivity index (χ0n) is 19.2. The maximum absolute atomic E-state index is 9.02. The van der Waals surface area contributed by atoms with Gasteiger partial charge in [-0.25, -0.2) is 4.98 Å². The molecule has 0 spiro atoms. The highest BCUT2D eigenvalue weighted by molar-refractivity contribution is 5.65. The molecule has 1 aromatic carbocycles. The first kappa shape index (κ1) is 22.3. The molecule has 0 atom stereocenters. The number of aliphatic hydroxyl groups is 1. The number of aromatic nitrogens is 3. The fourth-order valence-electron chi connectivity index (χ4n) is 4.24. The van der Waals surface area contributed by atoms with Gasteiger partial charge in [0.15, 0.2) is 0 Å². The van der Waals surface area contributed by atoms with Crippen molar-refractivity contribution >= 4 is 5.82 Å². The fourth-order valence-corrected chi connectivity index (χ4v) is 4.24. The third-order valence-electron chi connectivity index (χ3n) is 5.94. The summed E-state index contributed by atoms with van der Waals surface area (Å²) in [5.74, 6) is 2.99. The van der Waals surface area contributed by atoms with Crippen molar-refractivity contribution in [1.29, 1.82) is 0 Å². The monoisotopic (exact) mass is 436 g/mol. The highest BCUT2D eigenvalue weighted by atomic mass is 16.5. The van der Waals surface area contributed by atoms with Crippen LogP contribution in [0.5, 0.6) is 5.75 Å². The molecule has 1 saturated heterocycles. The Labute approximate surface area is 189 Å². The summed E-state index contributed by atoms with van der Waals surface area (Å²) in [6, 6.07) is 6.20. The molecule has 7 nitrogen and oxygen atoms in total. The number of hydrogen-bond donors (Lipinski definition) is 1. The topological polar surface area (TPSA) is 84.5 Å². The van der Waals surface area contributed by atoms with Gasteiger partial charge in [-0.1, -0.05) is 19.0 Å². The average Bonchev–Trinajstić information content (AvgIpc) is 3.52.